The van der Waals surface area contributed by atoms with Crippen LogP contribution < -0.4 is 9.80 Å². The maximum absolute atomic E-state index is 2.54. The Kier molecular flexibility index (Phi) is 9.91. The zero-order chi connectivity index (χ0) is 49.8. The predicted octanol–water partition coefficient (Wildman–Crippen LogP) is 19.6. The van der Waals surface area contributed by atoms with Gasteiger partial charge < -0.3 is 9.80 Å². The van der Waals surface area contributed by atoms with Gasteiger partial charge in [-0.25, -0.2) is 0 Å². The van der Waals surface area contributed by atoms with Gasteiger partial charge in [-0.05, 0) is 203 Å². The minimum Gasteiger partial charge on any atom is -0.310 e. The molecule has 0 unspecified atom stereocenters. The normalized spacial score (nSPS) is 14.1. The molecule has 0 saturated carbocycles. The Morgan fingerprint density at radius 2 is 0.693 bits per heavy atom. The van der Waals surface area contributed by atoms with Gasteiger partial charge in [-0.1, -0.05) is 190 Å². The fourth-order valence-electron chi connectivity index (χ4n) is 13.3. The number of benzene rings is 12. The van der Waals surface area contributed by atoms with Crippen LogP contribution in [-0.2, 0) is 31.1 Å². The number of aryl methyl sites for hydroxylation is 4. The zero-order valence-corrected chi connectivity index (χ0v) is 42.3. The lowest BCUT2D eigenvalue weighted by Crippen LogP contribution is -2.15. The summed E-state index contributed by atoms with van der Waals surface area (Å²) in [4.78, 5) is 5.06. The lowest BCUT2D eigenvalue weighted by Gasteiger charge is -2.29. The topological polar surface area (TPSA) is 6.48 Å². The van der Waals surface area contributed by atoms with Crippen molar-refractivity contribution < 1.29 is 0 Å². The Bertz CT molecular complexity index is 4200. The summed E-state index contributed by atoms with van der Waals surface area (Å²) in [5, 5.41) is 7.41. The van der Waals surface area contributed by atoms with Crippen molar-refractivity contribution in [2.45, 2.75) is 44.9 Å². The predicted molar refractivity (Wildman–Crippen MR) is 317 cm³/mol. The monoisotopic (exact) mass is 958 g/mol. The molecule has 12 aromatic carbocycles. The highest BCUT2D eigenvalue weighted by Gasteiger charge is 2.36. The van der Waals surface area contributed by atoms with Crippen LogP contribution >= 0.6 is 0 Å². The number of hydrogen-bond acceptors (Lipinski definition) is 2. The van der Waals surface area contributed by atoms with Crippen LogP contribution in [0.25, 0.3) is 76.8 Å². The highest BCUT2D eigenvalue weighted by Crippen LogP contribution is 2.54. The van der Waals surface area contributed by atoms with Gasteiger partial charge in [0.15, 0.2) is 0 Å². The van der Waals surface area contributed by atoms with Gasteiger partial charge in [0.1, 0.15) is 0 Å². The van der Waals surface area contributed by atoms with Crippen LogP contribution in [0.3, 0.4) is 0 Å². The molecule has 1 aliphatic carbocycles. The molecule has 2 nitrogen and oxygen atoms in total. The molecule has 15 rings (SSSR count). The molecule has 0 aromatic heterocycles. The lowest BCUT2D eigenvalue weighted by molar-refractivity contribution is 0.661. The van der Waals surface area contributed by atoms with E-state index in [1.807, 2.05) is 0 Å². The molecule has 0 amide bonds. The number of hydrogen-bond donors (Lipinski definition) is 0. The van der Waals surface area contributed by atoms with Crippen LogP contribution in [0.4, 0.5) is 34.1 Å². The number of rotatable bonds is 5. The van der Waals surface area contributed by atoms with E-state index < -0.39 is 0 Å². The second-order valence-electron chi connectivity index (χ2n) is 21.5. The molecule has 0 fully saturated rings. The van der Waals surface area contributed by atoms with Crippen molar-refractivity contribution in [3.05, 3.63) is 276 Å². The SMILES string of the molecule is CC1(C)c2cc(-c3ccccc3)ccc2-c2ccc(-c3c4ccc(N5c6ccccc6CCc6ccccc65)cc4c(-c4ccc5ccccc5c4)c4ccc(N5c6ccccc6CCc6ccccc65)cc34)cc21. The van der Waals surface area contributed by atoms with E-state index >= 15 is 0 Å². The smallest absolute Gasteiger partial charge is 0.0493 e. The van der Waals surface area contributed by atoms with Crippen molar-refractivity contribution in [3.8, 4) is 44.5 Å². The Balaban J connectivity index is 1.04. The second-order valence-corrected chi connectivity index (χ2v) is 21.5. The number of anilines is 6. The zero-order valence-electron chi connectivity index (χ0n) is 42.3. The lowest BCUT2D eigenvalue weighted by atomic mass is 9.79. The van der Waals surface area contributed by atoms with Crippen molar-refractivity contribution in [1.29, 1.82) is 0 Å². The van der Waals surface area contributed by atoms with Crippen LogP contribution in [0.15, 0.2) is 243 Å². The van der Waals surface area contributed by atoms with Crippen molar-refractivity contribution >= 4 is 66.4 Å². The summed E-state index contributed by atoms with van der Waals surface area (Å²) in [5.41, 5.74) is 25.3. The van der Waals surface area contributed by atoms with Gasteiger partial charge in [0.25, 0.3) is 0 Å². The summed E-state index contributed by atoms with van der Waals surface area (Å²) in [6.07, 6.45) is 3.98. The van der Waals surface area contributed by atoms with Crippen LogP contribution in [0.1, 0.15) is 47.2 Å². The first-order valence-corrected chi connectivity index (χ1v) is 26.7. The molecule has 0 N–H and O–H groups in total. The highest BCUT2D eigenvalue weighted by molar-refractivity contribution is 6.23. The summed E-state index contributed by atoms with van der Waals surface area (Å²) in [5.74, 6) is 0. The van der Waals surface area contributed by atoms with Crippen molar-refractivity contribution in [1.82, 2.24) is 0 Å². The van der Waals surface area contributed by atoms with Crippen LogP contribution in [0.2, 0.25) is 0 Å². The molecule has 3 aliphatic rings. The summed E-state index contributed by atoms with van der Waals surface area (Å²) in [7, 11) is 0. The van der Waals surface area contributed by atoms with E-state index in [0.717, 1.165) is 37.1 Å². The van der Waals surface area contributed by atoms with E-state index in [1.165, 1.54) is 133 Å². The largest absolute Gasteiger partial charge is 0.310 e. The molecule has 75 heavy (non-hydrogen) atoms. The molecule has 0 atom stereocenters. The Hall–Kier alpha value is -8.98. The Morgan fingerprint density at radius 3 is 1.20 bits per heavy atom. The molecule has 356 valence electrons. The molecule has 0 spiro atoms. The van der Waals surface area contributed by atoms with Gasteiger partial charge in [0.05, 0.1) is 0 Å². The summed E-state index contributed by atoms with van der Waals surface area (Å²) in [6, 6.07) is 91.9. The molecule has 2 heterocycles. The average molecular weight is 959 g/mol. The molecular weight excluding hydrogens is 905 g/mol. The number of para-hydroxylation sites is 4. The van der Waals surface area contributed by atoms with Crippen LogP contribution in [0.5, 0.6) is 0 Å². The van der Waals surface area contributed by atoms with Gasteiger partial charge in [-0.2, -0.15) is 0 Å². The van der Waals surface area contributed by atoms with Crippen molar-refractivity contribution in [3.63, 3.8) is 0 Å². The van der Waals surface area contributed by atoms with E-state index in [-0.39, 0.29) is 5.41 Å². The number of nitrogens with zero attached hydrogens (tertiary/aromatic N) is 2. The van der Waals surface area contributed by atoms with E-state index in [9.17, 15) is 0 Å². The fraction of sp³-hybridized carbons (Fsp3) is 0.0959. The first kappa shape index (κ1) is 43.6. The Morgan fingerprint density at radius 1 is 0.293 bits per heavy atom. The van der Waals surface area contributed by atoms with E-state index in [1.54, 1.807) is 0 Å². The van der Waals surface area contributed by atoms with Gasteiger partial charge in [0.2, 0.25) is 0 Å². The first-order valence-electron chi connectivity index (χ1n) is 26.7. The molecule has 2 aliphatic heterocycles. The standard InChI is InChI=1S/C73H54N2/c1-73(2)65-43-54(47-16-4-3-5-17-47)34-38-59(65)60-39-35-56(44-66(60)73)72-62-41-37-57(74-67-24-12-8-19-49(67)29-30-50-20-9-13-25-68(50)74)45-63(62)71(55-33-28-48-18-6-7-23-53(48)42-55)61-40-36-58(46-64(61)72)75-69-26-14-10-21-51(69)31-32-52-22-11-15-27-70(52)75/h3-28,33-46H,29-32H2,1-2H3. The van der Waals surface area contributed by atoms with Crippen molar-refractivity contribution in [2.24, 2.45) is 0 Å². The van der Waals surface area contributed by atoms with Gasteiger partial charge in [0, 0.05) is 39.5 Å². The maximum Gasteiger partial charge on any atom is 0.0493 e. The van der Waals surface area contributed by atoms with Gasteiger partial charge in [-0.3, -0.25) is 0 Å². The third-order valence-electron chi connectivity index (χ3n) is 17.0. The molecule has 0 radical (unpaired) electrons. The third kappa shape index (κ3) is 6.93. The maximum atomic E-state index is 2.54. The fourth-order valence-corrected chi connectivity index (χ4v) is 13.3. The summed E-state index contributed by atoms with van der Waals surface area (Å²) in [6.45, 7) is 4.84. The highest BCUT2D eigenvalue weighted by atomic mass is 15.2. The Labute approximate surface area is 439 Å². The van der Waals surface area contributed by atoms with Gasteiger partial charge >= 0.3 is 0 Å². The minimum atomic E-state index is -0.229. The van der Waals surface area contributed by atoms with Crippen molar-refractivity contribution in [2.75, 3.05) is 9.80 Å². The van der Waals surface area contributed by atoms with Gasteiger partial charge in [-0.15, -0.1) is 0 Å². The average Bonchev–Trinajstić information content (AvgIpc) is 3.60. The first-order chi connectivity index (χ1) is 36.9. The second kappa shape index (κ2) is 17.0. The third-order valence-corrected chi connectivity index (χ3v) is 17.0. The molecular formula is C73H54N2. The summed E-state index contributed by atoms with van der Waals surface area (Å²) < 4.78 is 0. The van der Waals surface area contributed by atoms with E-state index in [4.69, 9.17) is 0 Å². The van der Waals surface area contributed by atoms with E-state index in [0.29, 0.717) is 0 Å². The van der Waals surface area contributed by atoms with Crippen LogP contribution in [0, 0.1) is 0 Å². The molecule has 12 aromatic rings. The summed E-state index contributed by atoms with van der Waals surface area (Å²) >= 11 is 0. The van der Waals surface area contributed by atoms with Crippen LogP contribution in [-0.4, -0.2) is 0 Å². The molecule has 0 bridgehead atoms. The molecule has 2 heteroatoms. The quantitative estimate of drug-likeness (QED) is 0.159. The van der Waals surface area contributed by atoms with E-state index in [2.05, 4.69) is 266 Å². The number of fused-ring (bicyclic) bond motifs is 10. The minimum absolute atomic E-state index is 0.229. The molecule has 0 saturated heterocycles.